The average Bonchev–Trinajstić information content (AvgIpc) is 3.14. The molecule has 2 aromatic carbocycles. The highest BCUT2D eigenvalue weighted by molar-refractivity contribution is 5.66. The van der Waals surface area contributed by atoms with Gasteiger partial charge in [0.05, 0.1) is 6.20 Å². The summed E-state index contributed by atoms with van der Waals surface area (Å²) in [5, 5.41) is 17.7. The van der Waals surface area contributed by atoms with E-state index < -0.39 is 0 Å². The fourth-order valence-electron chi connectivity index (χ4n) is 3.97. The molecule has 2 heterocycles. The summed E-state index contributed by atoms with van der Waals surface area (Å²) >= 11 is 0. The van der Waals surface area contributed by atoms with Gasteiger partial charge in [-0.25, -0.2) is 0 Å². The van der Waals surface area contributed by atoms with Crippen LogP contribution in [0.4, 0.5) is 0 Å². The Hall–Kier alpha value is -2.59. The summed E-state index contributed by atoms with van der Waals surface area (Å²) in [5.74, 6) is 0.823. The minimum absolute atomic E-state index is 0.386. The van der Waals surface area contributed by atoms with Crippen molar-refractivity contribution in [1.82, 2.24) is 15.1 Å². The van der Waals surface area contributed by atoms with Crippen molar-refractivity contribution in [2.24, 2.45) is 0 Å². The Morgan fingerprint density at radius 3 is 2.92 bits per heavy atom. The van der Waals surface area contributed by atoms with Crippen LogP contribution in [0.5, 0.6) is 5.75 Å². The second kappa shape index (κ2) is 7.34. The van der Waals surface area contributed by atoms with Gasteiger partial charge in [-0.15, -0.1) is 0 Å². The van der Waals surface area contributed by atoms with Gasteiger partial charge in [0.2, 0.25) is 0 Å². The summed E-state index contributed by atoms with van der Waals surface area (Å²) in [6.07, 6.45) is 4.27. The van der Waals surface area contributed by atoms with E-state index >= 15 is 0 Å². The monoisotopic (exact) mass is 347 g/mol. The van der Waals surface area contributed by atoms with Gasteiger partial charge in [0, 0.05) is 35.8 Å². The van der Waals surface area contributed by atoms with E-state index in [2.05, 4.69) is 46.3 Å². The number of H-pyrrole nitrogens is 1. The Bertz CT molecular complexity index is 886. The normalized spacial score (nSPS) is 18.1. The van der Waals surface area contributed by atoms with Crippen LogP contribution in [-0.2, 0) is 6.54 Å². The van der Waals surface area contributed by atoms with Crippen LogP contribution in [0.15, 0.2) is 54.7 Å². The van der Waals surface area contributed by atoms with Gasteiger partial charge in [0.25, 0.3) is 0 Å². The lowest BCUT2D eigenvalue weighted by Crippen LogP contribution is -2.34. The summed E-state index contributed by atoms with van der Waals surface area (Å²) in [6.45, 7) is 4.96. The average molecular weight is 347 g/mol. The Balaban J connectivity index is 1.54. The number of nitrogens with zero attached hydrogens (tertiary/aromatic N) is 2. The van der Waals surface area contributed by atoms with E-state index in [1.807, 2.05) is 24.4 Å². The van der Waals surface area contributed by atoms with Crippen molar-refractivity contribution >= 4 is 0 Å². The van der Waals surface area contributed by atoms with Crippen LogP contribution in [0.3, 0.4) is 0 Å². The fourth-order valence-corrected chi connectivity index (χ4v) is 3.97. The molecule has 1 aromatic heterocycles. The third kappa shape index (κ3) is 3.51. The first-order valence-corrected chi connectivity index (χ1v) is 9.30. The lowest BCUT2D eigenvalue weighted by atomic mass is 9.90. The molecule has 0 bridgehead atoms. The Morgan fingerprint density at radius 2 is 2.08 bits per heavy atom. The first-order chi connectivity index (χ1) is 12.7. The van der Waals surface area contributed by atoms with Crippen molar-refractivity contribution in [2.45, 2.75) is 32.2 Å². The molecule has 3 aromatic rings. The van der Waals surface area contributed by atoms with Gasteiger partial charge in [0.1, 0.15) is 5.75 Å². The van der Waals surface area contributed by atoms with Gasteiger partial charge in [-0.3, -0.25) is 10.00 Å². The predicted molar refractivity (Wildman–Crippen MR) is 104 cm³/mol. The number of aromatic amines is 1. The zero-order valence-electron chi connectivity index (χ0n) is 15.2. The number of hydrogen-bond donors (Lipinski definition) is 2. The lowest BCUT2D eigenvalue weighted by Gasteiger charge is -2.32. The number of phenolic OH excluding ortho intramolecular Hbond substituents is 1. The maximum atomic E-state index is 10.1. The molecule has 134 valence electrons. The molecule has 26 heavy (non-hydrogen) atoms. The first kappa shape index (κ1) is 16.9. The van der Waals surface area contributed by atoms with Crippen LogP contribution in [0.1, 0.15) is 35.6 Å². The molecule has 0 saturated carbocycles. The molecule has 1 aliphatic heterocycles. The van der Waals surface area contributed by atoms with E-state index in [9.17, 15) is 5.11 Å². The van der Waals surface area contributed by atoms with E-state index in [0.29, 0.717) is 11.7 Å². The van der Waals surface area contributed by atoms with Crippen molar-refractivity contribution in [2.75, 3.05) is 13.1 Å². The molecule has 0 aliphatic carbocycles. The van der Waals surface area contributed by atoms with Crippen LogP contribution in [0, 0.1) is 6.92 Å². The molecular weight excluding hydrogens is 322 g/mol. The summed E-state index contributed by atoms with van der Waals surface area (Å²) < 4.78 is 0. The number of hydrogen-bond acceptors (Lipinski definition) is 3. The van der Waals surface area contributed by atoms with Crippen LogP contribution in [0.25, 0.3) is 11.1 Å². The van der Waals surface area contributed by atoms with Gasteiger partial charge < -0.3 is 5.11 Å². The van der Waals surface area contributed by atoms with E-state index in [-0.39, 0.29) is 0 Å². The van der Waals surface area contributed by atoms with Gasteiger partial charge >= 0.3 is 0 Å². The molecule has 4 rings (SSSR count). The summed E-state index contributed by atoms with van der Waals surface area (Å²) in [5.41, 5.74) is 5.93. The largest absolute Gasteiger partial charge is 0.508 e. The number of para-hydroxylation sites is 1. The molecule has 1 atom stereocenters. The van der Waals surface area contributed by atoms with Crippen LogP contribution < -0.4 is 0 Å². The molecule has 2 N–H and O–H groups in total. The van der Waals surface area contributed by atoms with Crippen molar-refractivity contribution < 1.29 is 5.11 Å². The quantitative estimate of drug-likeness (QED) is 0.732. The highest BCUT2D eigenvalue weighted by Crippen LogP contribution is 2.34. The summed E-state index contributed by atoms with van der Waals surface area (Å²) in [6, 6.07) is 16.2. The maximum Gasteiger partial charge on any atom is 0.120 e. The molecule has 1 saturated heterocycles. The summed E-state index contributed by atoms with van der Waals surface area (Å²) in [7, 11) is 0. The highest BCUT2D eigenvalue weighted by atomic mass is 16.3. The third-order valence-electron chi connectivity index (χ3n) is 5.30. The van der Waals surface area contributed by atoms with Crippen molar-refractivity contribution in [3.63, 3.8) is 0 Å². The number of phenols is 1. The Labute approximate surface area is 154 Å². The predicted octanol–water partition coefficient (Wildman–Crippen LogP) is 4.47. The zero-order valence-corrected chi connectivity index (χ0v) is 15.2. The molecule has 1 aliphatic rings. The second-order valence-corrected chi connectivity index (χ2v) is 7.27. The molecule has 0 radical (unpaired) electrons. The SMILES string of the molecule is Cc1cccc(-c2cn[nH]c2[C@@H]2CCCN(Cc3ccccc3O)C2)c1. The van der Waals surface area contributed by atoms with E-state index in [1.54, 1.807) is 6.07 Å². The topological polar surface area (TPSA) is 52.2 Å². The standard InChI is InChI=1S/C22H25N3O/c1-16-6-4-8-17(12-16)20-13-23-24-22(20)19-9-5-11-25(15-19)14-18-7-2-3-10-21(18)26/h2-4,6-8,10,12-13,19,26H,5,9,11,14-15H2,1H3,(H,23,24)/t19-/m1/s1. The van der Waals surface area contributed by atoms with Crippen molar-refractivity contribution in [3.8, 4) is 16.9 Å². The lowest BCUT2D eigenvalue weighted by molar-refractivity contribution is 0.197. The Morgan fingerprint density at radius 1 is 1.19 bits per heavy atom. The number of aromatic hydroxyl groups is 1. The van der Waals surface area contributed by atoms with E-state index in [4.69, 9.17) is 0 Å². The molecule has 1 fully saturated rings. The molecular formula is C22H25N3O. The number of piperidine rings is 1. The number of likely N-dealkylation sites (tertiary alicyclic amines) is 1. The molecule has 4 heteroatoms. The number of nitrogens with one attached hydrogen (secondary N) is 1. The molecule has 0 spiro atoms. The van der Waals surface area contributed by atoms with Gasteiger partial charge in [-0.05, 0) is 37.9 Å². The molecule has 4 nitrogen and oxygen atoms in total. The van der Waals surface area contributed by atoms with Gasteiger partial charge in [-0.1, -0.05) is 48.0 Å². The fraction of sp³-hybridized carbons (Fsp3) is 0.318. The number of rotatable bonds is 4. The number of aryl methyl sites for hydroxylation is 1. The van der Waals surface area contributed by atoms with Crippen LogP contribution in [-0.4, -0.2) is 33.3 Å². The summed E-state index contributed by atoms with van der Waals surface area (Å²) in [4.78, 5) is 2.43. The number of benzene rings is 2. The van der Waals surface area contributed by atoms with E-state index in [1.165, 1.54) is 22.4 Å². The first-order valence-electron chi connectivity index (χ1n) is 9.30. The van der Waals surface area contributed by atoms with Gasteiger partial charge in [-0.2, -0.15) is 5.10 Å². The Kier molecular flexibility index (Phi) is 4.76. The third-order valence-corrected chi connectivity index (χ3v) is 5.30. The number of aromatic nitrogens is 2. The van der Waals surface area contributed by atoms with Crippen LogP contribution >= 0.6 is 0 Å². The maximum absolute atomic E-state index is 10.1. The van der Waals surface area contributed by atoms with Crippen molar-refractivity contribution in [1.29, 1.82) is 0 Å². The van der Waals surface area contributed by atoms with Crippen molar-refractivity contribution in [3.05, 3.63) is 71.5 Å². The zero-order chi connectivity index (χ0) is 17.9. The highest BCUT2D eigenvalue weighted by Gasteiger charge is 2.25. The minimum Gasteiger partial charge on any atom is -0.508 e. The molecule has 0 unspecified atom stereocenters. The van der Waals surface area contributed by atoms with Crippen LogP contribution in [0.2, 0.25) is 0 Å². The second-order valence-electron chi connectivity index (χ2n) is 7.27. The van der Waals surface area contributed by atoms with E-state index in [0.717, 1.165) is 38.0 Å². The molecule has 0 amide bonds. The smallest absolute Gasteiger partial charge is 0.120 e. The van der Waals surface area contributed by atoms with Gasteiger partial charge in [0.15, 0.2) is 0 Å². The minimum atomic E-state index is 0.386.